The van der Waals surface area contributed by atoms with E-state index in [1.165, 1.54) is 60.7 Å². The van der Waals surface area contributed by atoms with Gasteiger partial charge in [0.1, 0.15) is 0 Å². The van der Waals surface area contributed by atoms with Gasteiger partial charge in [-0.15, -0.1) is 0 Å². The maximum absolute atomic E-state index is 12.2. The normalized spacial score (nSPS) is 16.9. The van der Waals surface area contributed by atoms with Crippen molar-refractivity contribution in [1.29, 1.82) is 0 Å². The summed E-state index contributed by atoms with van der Waals surface area (Å²) in [5, 5.41) is 7.61. The van der Waals surface area contributed by atoms with Gasteiger partial charge in [0.05, 0.1) is 6.04 Å². The number of carbonyl (C=O) groups excluding carboxylic acids is 1. The molecule has 3 rings (SSSR count). The third kappa shape index (κ3) is 5.35. The van der Waals surface area contributed by atoms with E-state index in [0.717, 1.165) is 25.8 Å². The zero-order chi connectivity index (χ0) is 19.1. The number of aryl methyl sites for hydroxylation is 2. The van der Waals surface area contributed by atoms with Gasteiger partial charge in [0.15, 0.2) is 0 Å². The Bertz CT molecular complexity index is 743. The Morgan fingerprint density at radius 1 is 1.19 bits per heavy atom. The first kappa shape index (κ1) is 19.9. The van der Waals surface area contributed by atoms with E-state index in [1.54, 1.807) is 0 Å². The van der Waals surface area contributed by atoms with E-state index in [0.29, 0.717) is 6.54 Å². The first-order valence-electron chi connectivity index (χ1n) is 10.8. The summed E-state index contributed by atoms with van der Waals surface area (Å²) in [7, 11) is 2.17. The van der Waals surface area contributed by atoms with Crippen LogP contribution in [0.2, 0.25) is 0 Å². The standard InChI is InChI=1S/C23H35N3O/c1-3-4-5-6-7-8-10-20-16-19-15-18(12-13-22(19)26(20)2)17-25-23(27)21-11-9-14-24-21/h12-13,15-16,21,24H,3-11,14,17H2,1-2H3,(H,25,27). The SMILES string of the molecule is CCCCCCCCc1cc2cc(CNC(=O)C3CCCN3)ccc2n1C. The Morgan fingerprint density at radius 2 is 2.00 bits per heavy atom. The molecule has 0 aliphatic carbocycles. The molecule has 1 aromatic carbocycles. The van der Waals surface area contributed by atoms with Crippen LogP contribution in [0.5, 0.6) is 0 Å². The molecular formula is C23H35N3O. The number of benzene rings is 1. The summed E-state index contributed by atoms with van der Waals surface area (Å²) < 4.78 is 2.33. The predicted molar refractivity (Wildman–Crippen MR) is 113 cm³/mol. The molecule has 0 saturated carbocycles. The molecule has 1 saturated heterocycles. The van der Waals surface area contributed by atoms with E-state index in [4.69, 9.17) is 0 Å². The van der Waals surface area contributed by atoms with Crippen LogP contribution in [0, 0.1) is 0 Å². The van der Waals surface area contributed by atoms with Gasteiger partial charge in [-0.25, -0.2) is 0 Å². The minimum Gasteiger partial charge on any atom is -0.351 e. The van der Waals surface area contributed by atoms with Gasteiger partial charge in [0.2, 0.25) is 5.91 Å². The number of amides is 1. The van der Waals surface area contributed by atoms with E-state index in [1.807, 2.05) is 0 Å². The summed E-state index contributed by atoms with van der Waals surface area (Å²) in [6.45, 7) is 3.82. The molecule has 4 nitrogen and oxygen atoms in total. The predicted octanol–water partition coefficient (Wildman–Crippen LogP) is 4.45. The monoisotopic (exact) mass is 369 g/mol. The number of fused-ring (bicyclic) bond motifs is 1. The fourth-order valence-electron chi connectivity index (χ4n) is 4.11. The van der Waals surface area contributed by atoms with Gasteiger partial charge in [-0.1, -0.05) is 45.1 Å². The Kier molecular flexibility index (Phi) is 7.33. The molecule has 1 atom stereocenters. The Morgan fingerprint density at radius 3 is 2.78 bits per heavy atom. The smallest absolute Gasteiger partial charge is 0.237 e. The van der Waals surface area contributed by atoms with E-state index >= 15 is 0 Å². The Hall–Kier alpha value is -1.81. The summed E-state index contributed by atoms with van der Waals surface area (Å²) in [5.74, 6) is 0.129. The Balaban J connectivity index is 1.54. The molecule has 4 heteroatoms. The highest BCUT2D eigenvalue weighted by Crippen LogP contribution is 2.22. The number of rotatable bonds is 10. The van der Waals surface area contributed by atoms with Crippen LogP contribution in [0.15, 0.2) is 24.3 Å². The van der Waals surface area contributed by atoms with Crippen molar-refractivity contribution >= 4 is 16.8 Å². The average molecular weight is 370 g/mol. The second kappa shape index (κ2) is 9.93. The second-order valence-corrected chi connectivity index (χ2v) is 7.97. The number of nitrogens with zero attached hydrogens (tertiary/aromatic N) is 1. The second-order valence-electron chi connectivity index (χ2n) is 7.97. The van der Waals surface area contributed by atoms with Crippen LogP contribution < -0.4 is 10.6 Å². The molecule has 1 amide bonds. The van der Waals surface area contributed by atoms with Crippen molar-refractivity contribution in [3.05, 3.63) is 35.5 Å². The van der Waals surface area contributed by atoms with Crippen molar-refractivity contribution in [2.45, 2.75) is 77.3 Å². The largest absolute Gasteiger partial charge is 0.351 e. The van der Waals surface area contributed by atoms with Crippen LogP contribution in [0.1, 0.15) is 69.5 Å². The van der Waals surface area contributed by atoms with Crippen molar-refractivity contribution in [1.82, 2.24) is 15.2 Å². The number of aromatic nitrogens is 1. The third-order valence-electron chi connectivity index (χ3n) is 5.84. The van der Waals surface area contributed by atoms with Crippen LogP contribution in [-0.4, -0.2) is 23.1 Å². The first-order valence-corrected chi connectivity index (χ1v) is 10.8. The minimum atomic E-state index is -0.00520. The molecule has 2 N–H and O–H groups in total. The minimum absolute atomic E-state index is 0.00520. The van der Waals surface area contributed by atoms with Gasteiger partial charge in [-0.3, -0.25) is 4.79 Å². The highest BCUT2D eigenvalue weighted by Gasteiger charge is 2.21. The highest BCUT2D eigenvalue weighted by atomic mass is 16.2. The lowest BCUT2D eigenvalue weighted by Gasteiger charge is -2.11. The summed E-state index contributed by atoms with van der Waals surface area (Å²) in [5.41, 5.74) is 3.87. The fraction of sp³-hybridized carbons (Fsp3) is 0.609. The van der Waals surface area contributed by atoms with E-state index in [2.05, 4.69) is 53.4 Å². The number of unbranched alkanes of at least 4 members (excludes halogenated alkanes) is 5. The quantitative estimate of drug-likeness (QED) is 0.608. The topological polar surface area (TPSA) is 46.1 Å². The Labute approximate surface area is 163 Å². The number of nitrogens with one attached hydrogen (secondary N) is 2. The van der Waals surface area contributed by atoms with Gasteiger partial charge in [0, 0.05) is 30.2 Å². The lowest BCUT2D eigenvalue weighted by Crippen LogP contribution is -2.39. The fourth-order valence-corrected chi connectivity index (χ4v) is 4.11. The highest BCUT2D eigenvalue weighted by molar-refractivity contribution is 5.83. The van der Waals surface area contributed by atoms with E-state index < -0.39 is 0 Å². The molecular weight excluding hydrogens is 334 g/mol. The molecule has 0 bridgehead atoms. The number of hydrogen-bond acceptors (Lipinski definition) is 2. The molecule has 0 spiro atoms. The van der Waals surface area contributed by atoms with Crippen LogP contribution in [0.3, 0.4) is 0 Å². The number of carbonyl (C=O) groups is 1. The molecule has 1 aliphatic rings. The maximum atomic E-state index is 12.2. The molecule has 1 fully saturated rings. The molecule has 1 aromatic heterocycles. The molecule has 2 aromatic rings. The average Bonchev–Trinajstić information content (AvgIpc) is 3.31. The lowest BCUT2D eigenvalue weighted by atomic mass is 10.1. The van der Waals surface area contributed by atoms with Crippen LogP contribution >= 0.6 is 0 Å². The molecule has 1 aliphatic heterocycles. The van der Waals surface area contributed by atoms with Crippen molar-refractivity contribution in [3.63, 3.8) is 0 Å². The summed E-state index contributed by atoms with van der Waals surface area (Å²) in [6, 6.07) is 8.87. The molecule has 27 heavy (non-hydrogen) atoms. The molecule has 148 valence electrons. The van der Waals surface area contributed by atoms with Crippen LogP contribution in [0.25, 0.3) is 10.9 Å². The van der Waals surface area contributed by atoms with Gasteiger partial charge < -0.3 is 15.2 Å². The van der Waals surface area contributed by atoms with Gasteiger partial charge in [-0.2, -0.15) is 0 Å². The van der Waals surface area contributed by atoms with Crippen molar-refractivity contribution in [3.8, 4) is 0 Å². The van der Waals surface area contributed by atoms with E-state index in [-0.39, 0.29) is 11.9 Å². The molecule has 2 heterocycles. The third-order valence-corrected chi connectivity index (χ3v) is 5.84. The molecule has 0 radical (unpaired) electrons. The zero-order valence-electron chi connectivity index (χ0n) is 17.0. The van der Waals surface area contributed by atoms with Crippen LogP contribution in [0.4, 0.5) is 0 Å². The van der Waals surface area contributed by atoms with Gasteiger partial charge in [0.25, 0.3) is 0 Å². The maximum Gasteiger partial charge on any atom is 0.237 e. The van der Waals surface area contributed by atoms with Crippen LogP contribution in [-0.2, 0) is 24.8 Å². The van der Waals surface area contributed by atoms with E-state index in [9.17, 15) is 4.79 Å². The summed E-state index contributed by atoms with van der Waals surface area (Å²) in [6.07, 6.45) is 11.2. The lowest BCUT2D eigenvalue weighted by molar-refractivity contribution is -0.122. The van der Waals surface area contributed by atoms with Gasteiger partial charge >= 0.3 is 0 Å². The van der Waals surface area contributed by atoms with Crippen molar-refractivity contribution in [2.75, 3.05) is 6.54 Å². The summed E-state index contributed by atoms with van der Waals surface area (Å²) in [4.78, 5) is 12.2. The first-order chi connectivity index (χ1) is 13.2. The van der Waals surface area contributed by atoms with Crippen molar-refractivity contribution < 1.29 is 4.79 Å². The zero-order valence-corrected chi connectivity index (χ0v) is 17.0. The summed E-state index contributed by atoms with van der Waals surface area (Å²) >= 11 is 0. The molecule has 1 unspecified atom stereocenters. The van der Waals surface area contributed by atoms with Crippen molar-refractivity contribution in [2.24, 2.45) is 7.05 Å². The van der Waals surface area contributed by atoms with Gasteiger partial charge in [-0.05, 0) is 56.0 Å². The number of hydrogen-bond donors (Lipinski definition) is 2.